The van der Waals surface area contributed by atoms with Gasteiger partial charge in [-0.25, -0.2) is 15.0 Å². The largest absolute Gasteiger partial charge is 0.384 e. The van der Waals surface area contributed by atoms with Crippen LogP contribution >= 0.6 is 0 Å². The second-order valence-corrected chi connectivity index (χ2v) is 6.15. The van der Waals surface area contributed by atoms with Gasteiger partial charge in [0.05, 0.1) is 16.9 Å². The van der Waals surface area contributed by atoms with Gasteiger partial charge in [-0.3, -0.25) is 5.32 Å². The maximum Gasteiger partial charge on any atom is 0.232 e. The Hall–Kier alpha value is -3.54. The van der Waals surface area contributed by atoms with Crippen LogP contribution in [0.5, 0.6) is 0 Å². The Labute approximate surface area is 151 Å². The molecule has 2 aromatic carbocycles. The van der Waals surface area contributed by atoms with Gasteiger partial charge in [0.15, 0.2) is 0 Å². The van der Waals surface area contributed by atoms with Crippen LogP contribution in [0.4, 0.5) is 17.7 Å². The summed E-state index contributed by atoms with van der Waals surface area (Å²) >= 11 is 0. The molecule has 0 aliphatic rings. The molecule has 26 heavy (non-hydrogen) atoms. The summed E-state index contributed by atoms with van der Waals surface area (Å²) < 4.78 is 0. The number of rotatable bonds is 3. The molecule has 0 saturated heterocycles. The lowest BCUT2D eigenvalue weighted by Crippen LogP contribution is -2.05. The molecule has 0 atom stereocenters. The molecular formula is C20H18N6. The number of nitrogens with zero attached hydrogens (tertiary/aromatic N) is 4. The summed E-state index contributed by atoms with van der Waals surface area (Å²) in [4.78, 5) is 17.9. The summed E-state index contributed by atoms with van der Waals surface area (Å²) in [5, 5.41) is 4.11. The first-order valence-electron chi connectivity index (χ1n) is 8.30. The molecule has 0 saturated carbocycles. The van der Waals surface area contributed by atoms with Crippen molar-refractivity contribution in [1.29, 1.82) is 0 Å². The van der Waals surface area contributed by atoms with Crippen molar-refractivity contribution in [3.8, 4) is 11.3 Å². The number of nitrogens with two attached hydrogens (primary N) is 1. The molecule has 0 aliphatic heterocycles. The van der Waals surface area contributed by atoms with Gasteiger partial charge < -0.3 is 5.73 Å². The van der Waals surface area contributed by atoms with Crippen LogP contribution in [0.3, 0.4) is 0 Å². The highest BCUT2D eigenvalue weighted by Crippen LogP contribution is 2.23. The third-order valence-electron chi connectivity index (χ3n) is 4.08. The van der Waals surface area contributed by atoms with Gasteiger partial charge in [0.2, 0.25) is 11.9 Å². The molecule has 0 aliphatic carbocycles. The van der Waals surface area contributed by atoms with Crippen molar-refractivity contribution in [1.82, 2.24) is 19.9 Å². The third-order valence-corrected chi connectivity index (χ3v) is 4.08. The van der Waals surface area contributed by atoms with Gasteiger partial charge in [-0.1, -0.05) is 42.5 Å². The summed E-state index contributed by atoms with van der Waals surface area (Å²) in [5.41, 5.74) is 10.6. The van der Waals surface area contributed by atoms with E-state index in [9.17, 15) is 0 Å². The van der Waals surface area contributed by atoms with E-state index in [4.69, 9.17) is 5.73 Å². The smallest absolute Gasteiger partial charge is 0.232 e. The van der Waals surface area contributed by atoms with E-state index in [0.29, 0.717) is 17.7 Å². The topological polar surface area (TPSA) is 89.6 Å². The summed E-state index contributed by atoms with van der Waals surface area (Å²) in [6, 6.07) is 17.7. The second kappa shape index (κ2) is 6.40. The SMILES string of the molecule is Cc1ccc2c(C)nc(Nc3nc(N)cc(-c4ccccc4)n3)nc2c1. The number of nitrogens with one attached hydrogen (secondary N) is 1. The van der Waals surface area contributed by atoms with Crippen LogP contribution in [0.2, 0.25) is 0 Å². The molecule has 6 nitrogen and oxygen atoms in total. The Morgan fingerprint density at radius 1 is 0.808 bits per heavy atom. The minimum atomic E-state index is 0.371. The van der Waals surface area contributed by atoms with Crippen LogP contribution in [-0.4, -0.2) is 19.9 Å². The Balaban J connectivity index is 1.73. The van der Waals surface area contributed by atoms with E-state index in [1.807, 2.05) is 56.3 Å². The normalized spacial score (nSPS) is 10.8. The quantitative estimate of drug-likeness (QED) is 0.584. The lowest BCUT2D eigenvalue weighted by molar-refractivity contribution is 1.10. The van der Waals surface area contributed by atoms with Gasteiger partial charge in [-0.2, -0.15) is 4.98 Å². The lowest BCUT2D eigenvalue weighted by atomic mass is 10.1. The van der Waals surface area contributed by atoms with Crippen LogP contribution in [0.1, 0.15) is 11.3 Å². The van der Waals surface area contributed by atoms with Crippen molar-refractivity contribution >= 4 is 28.6 Å². The van der Waals surface area contributed by atoms with Crippen LogP contribution in [0.15, 0.2) is 54.6 Å². The predicted molar refractivity (Wildman–Crippen MR) is 104 cm³/mol. The minimum Gasteiger partial charge on any atom is -0.384 e. The monoisotopic (exact) mass is 342 g/mol. The van der Waals surface area contributed by atoms with E-state index < -0.39 is 0 Å². The minimum absolute atomic E-state index is 0.371. The first kappa shape index (κ1) is 16.0. The molecule has 4 aromatic rings. The van der Waals surface area contributed by atoms with Crippen molar-refractivity contribution in [3.63, 3.8) is 0 Å². The van der Waals surface area contributed by atoms with Crippen LogP contribution in [0, 0.1) is 13.8 Å². The maximum atomic E-state index is 5.96. The fraction of sp³-hybridized carbons (Fsp3) is 0.100. The average molecular weight is 342 g/mol. The fourth-order valence-electron chi connectivity index (χ4n) is 2.83. The van der Waals surface area contributed by atoms with Gasteiger partial charge in [-0.15, -0.1) is 0 Å². The third kappa shape index (κ3) is 3.17. The first-order valence-corrected chi connectivity index (χ1v) is 8.30. The zero-order chi connectivity index (χ0) is 18.1. The van der Waals surface area contributed by atoms with Crippen molar-refractivity contribution in [3.05, 3.63) is 65.9 Å². The fourth-order valence-corrected chi connectivity index (χ4v) is 2.83. The van der Waals surface area contributed by atoms with Crippen LogP contribution in [0.25, 0.3) is 22.2 Å². The Bertz CT molecular complexity index is 1090. The lowest BCUT2D eigenvalue weighted by Gasteiger charge is -2.09. The summed E-state index contributed by atoms with van der Waals surface area (Å²) in [7, 11) is 0. The molecule has 2 aromatic heterocycles. The number of aromatic nitrogens is 4. The highest BCUT2D eigenvalue weighted by molar-refractivity contribution is 5.82. The standard InChI is InChI=1S/C20H18N6/c1-12-8-9-15-13(2)22-19(24-17(15)10-12)26-20-23-16(11-18(21)25-20)14-6-4-3-5-7-14/h3-11H,1-2H3,(H3,21,22,23,24,25,26). The van der Waals surface area contributed by atoms with Gasteiger partial charge >= 0.3 is 0 Å². The second-order valence-electron chi connectivity index (χ2n) is 6.15. The Kier molecular flexibility index (Phi) is 3.93. The molecule has 0 unspecified atom stereocenters. The van der Waals surface area contributed by atoms with Gasteiger partial charge in [0.25, 0.3) is 0 Å². The maximum absolute atomic E-state index is 5.96. The number of aryl methyl sites for hydroxylation is 2. The molecular weight excluding hydrogens is 324 g/mol. The van der Waals surface area contributed by atoms with Crippen LogP contribution < -0.4 is 11.1 Å². The van der Waals surface area contributed by atoms with Crippen molar-refractivity contribution < 1.29 is 0 Å². The first-order chi connectivity index (χ1) is 12.6. The number of hydrogen-bond donors (Lipinski definition) is 2. The summed E-state index contributed by atoms with van der Waals surface area (Å²) in [6.07, 6.45) is 0. The average Bonchev–Trinajstić information content (AvgIpc) is 2.61. The number of nitrogen functional groups attached to an aromatic ring is 1. The number of fused-ring (bicyclic) bond motifs is 1. The zero-order valence-electron chi connectivity index (χ0n) is 14.6. The van der Waals surface area contributed by atoms with E-state index in [0.717, 1.165) is 33.4 Å². The molecule has 0 fully saturated rings. The van der Waals surface area contributed by atoms with Gasteiger partial charge in [-0.05, 0) is 25.5 Å². The number of benzene rings is 2. The molecule has 128 valence electrons. The molecule has 6 heteroatoms. The Morgan fingerprint density at radius 3 is 2.38 bits per heavy atom. The highest BCUT2D eigenvalue weighted by Gasteiger charge is 2.09. The van der Waals surface area contributed by atoms with Gasteiger partial charge in [0.1, 0.15) is 5.82 Å². The van der Waals surface area contributed by atoms with Crippen molar-refractivity contribution in [2.75, 3.05) is 11.1 Å². The zero-order valence-corrected chi connectivity index (χ0v) is 14.6. The molecule has 0 radical (unpaired) electrons. The van der Waals surface area contributed by atoms with Gasteiger partial charge in [0, 0.05) is 17.0 Å². The van der Waals surface area contributed by atoms with Crippen LogP contribution in [-0.2, 0) is 0 Å². The molecule has 2 heterocycles. The molecule has 3 N–H and O–H groups in total. The van der Waals surface area contributed by atoms with E-state index in [1.165, 1.54) is 0 Å². The summed E-state index contributed by atoms with van der Waals surface area (Å²) in [6.45, 7) is 4.00. The predicted octanol–water partition coefficient (Wildman–Crippen LogP) is 4.03. The van der Waals surface area contributed by atoms with E-state index in [1.54, 1.807) is 6.07 Å². The Morgan fingerprint density at radius 2 is 1.58 bits per heavy atom. The summed E-state index contributed by atoms with van der Waals surface area (Å²) in [5.74, 6) is 1.20. The van der Waals surface area contributed by atoms with Crippen molar-refractivity contribution in [2.24, 2.45) is 0 Å². The van der Waals surface area contributed by atoms with E-state index in [2.05, 4.69) is 31.3 Å². The number of hydrogen-bond acceptors (Lipinski definition) is 6. The molecule has 4 rings (SSSR count). The molecule has 0 bridgehead atoms. The molecule has 0 amide bonds. The molecule has 0 spiro atoms. The van der Waals surface area contributed by atoms with E-state index in [-0.39, 0.29) is 0 Å². The van der Waals surface area contributed by atoms with Crippen molar-refractivity contribution in [2.45, 2.75) is 13.8 Å². The van der Waals surface area contributed by atoms with E-state index >= 15 is 0 Å². The highest BCUT2D eigenvalue weighted by atomic mass is 15.2. The number of anilines is 3.